The van der Waals surface area contributed by atoms with Crippen LogP contribution in [-0.2, 0) is 0 Å². The van der Waals surface area contributed by atoms with E-state index >= 15 is 0 Å². The van der Waals surface area contributed by atoms with Crippen LogP contribution in [0, 0.1) is 17.8 Å². The zero-order valence-electron chi connectivity index (χ0n) is 4.94. The predicted molar refractivity (Wildman–Crippen MR) is 35.0 cm³/mol. The van der Waals surface area contributed by atoms with Gasteiger partial charge in [-0.05, 0) is 37.0 Å². The molecule has 0 aliphatic heterocycles. The molecule has 0 radical (unpaired) electrons. The van der Waals surface area contributed by atoms with Crippen LogP contribution in [0.2, 0.25) is 0 Å². The lowest BCUT2D eigenvalue weighted by Crippen LogP contribution is -1.98. The molecular weight excluding hydrogens is 120 g/mol. The largest absolute Gasteiger partial charge is 0.126 e. The Balaban J connectivity index is 1.97. The maximum absolute atomic E-state index is 5.73. The van der Waals surface area contributed by atoms with Crippen LogP contribution in [0.4, 0.5) is 0 Å². The van der Waals surface area contributed by atoms with Gasteiger partial charge in [-0.2, -0.15) is 0 Å². The Morgan fingerprint density at radius 1 is 1.38 bits per heavy atom. The van der Waals surface area contributed by atoms with Crippen molar-refractivity contribution < 1.29 is 0 Å². The van der Waals surface area contributed by atoms with Gasteiger partial charge in [0.1, 0.15) is 0 Å². The highest BCUT2D eigenvalue weighted by molar-refractivity contribution is 6.18. The van der Waals surface area contributed by atoms with E-state index < -0.39 is 0 Å². The number of hydrogen-bond acceptors (Lipinski definition) is 0. The second-order valence-electron chi connectivity index (χ2n) is 3.15. The van der Waals surface area contributed by atoms with Gasteiger partial charge in [-0.25, -0.2) is 0 Å². The molecule has 0 unspecified atom stereocenters. The van der Waals surface area contributed by atoms with Gasteiger partial charge in [-0.15, -0.1) is 11.6 Å². The van der Waals surface area contributed by atoms with Crippen molar-refractivity contribution in [3.8, 4) is 0 Å². The van der Waals surface area contributed by atoms with Crippen molar-refractivity contribution in [1.29, 1.82) is 0 Å². The molecule has 0 nitrogen and oxygen atoms in total. The van der Waals surface area contributed by atoms with Crippen molar-refractivity contribution in [2.24, 2.45) is 17.8 Å². The summed E-state index contributed by atoms with van der Waals surface area (Å²) in [6, 6.07) is 0. The maximum Gasteiger partial charge on any atom is 0.0254 e. The fourth-order valence-electron chi connectivity index (χ4n) is 2.01. The Kier molecular flexibility index (Phi) is 1.04. The minimum atomic E-state index is 0.904. The lowest BCUT2D eigenvalue weighted by atomic mass is 10.1. The van der Waals surface area contributed by atoms with Gasteiger partial charge in [0.2, 0.25) is 0 Å². The Morgan fingerprint density at radius 3 is 2.50 bits per heavy atom. The number of hydrogen-bond donors (Lipinski definition) is 0. The highest BCUT2D eigenvalue weighted by Crippen LogP contribution is 2.55. The van der Waals surface area contributed by atoms with Crippen molar-refractivity contribution in [1.82, 2.24) is 0 Å². The van der Waals surface area contributed by atoms with Crippen LogP contribution in [0.25, 0.3) is 0 Å². The first kappa shape index (κ1) is 5.10. The van der Waals surface area contributed by atoms with Crippen molar-refractivity contribution in [2.45, 2.75) is 19.3 Å². The van der Waals surface area contributed by atoms with Crippen LogP contribution in [0.1, 0.15) is 19.3 Å². The molecule has 8 heavy (non-hydrogen) atoms. The SMILES string of the molecule is ClC[C@@H]1CC[C@@H]2C[C@H]12. The van der Waals surface area contributed by atoms with E-state index in [-0.39, 0.29) is 0 Å². The third-order valence-electron chi connectivity index (χ3n) is 2.69. The molecule has 0 aromatic rings. The normalized spacial score (nSPS) is 51.4. The minimum Gasteiger partial charge on any atom is -0.126 e. The first-order valence-electron chi connectivity index (χ1n) is 3.48. The first-order chi connectivity index (χ1) is 3.92. The summed E-state index contributed by atoms with van der Waals surface area (Å²) in [7, 11) is 0. The third kappa shape index (κ3) is 0.589. The first-order valence-corrected chi connectivity index (χ1v) is 4.01. The van der Waals surface area contributed by atoms with Gasteiger partial charge in [-0.3, -0.25) is 0 Å². The topological polar surface area (TPSA) is 0 Å². The molecule has 0 spiro atoms. The standard InChI is InChI=1S/C7H11Cl/c8-4-6-2-1-5-3-7(5)6/h5-7H,1-4H2/t5-,6+,7+/m1/s1. The molecule has 0 heterocycles. The molecule has 0 bridgehead atoms. The molecule has 0 aromatic carbocycles. The van der Waals surface area contributed by atoms with E-state index in [4.69, 9.17) is 11.6 Å². The summed E-state index contributed by atoms with van der Waals surface area (Å²) in [5.74, 6) is 3.99. The van der Waals surface area contributed by atoms with Gasteiger partial charge in [0.05, 0.1) is 0 Å². The number of rotatable bonds is 1. The molecule has 1 heteroatoms. The molecule has 0 amide bonds. The molecule has 3 atom stereocenters. The van der Waals surface area contributed by atoms with Crippen LogP contribution in [0.5, 0.6) is 0 Å². The average molecular weight is 131 g/mol. The van der Waals surface area contributed by atoms with Crippen molar-refractivity contribution >= 4 is 11.6 Å². The van der Waals surface area contributed by atoms with E-state index in [9.17, 15) is 0 Å². The summed E-state index contributed by atoms with van der Waals surface area (Å²) < 4.78 is 0. The van der Waals surface area contributed by atoms with Gasteiger partial charge in [0, 0.05) is 5.88 Å². The van der Waals surface area contributed by atoms with Gasteiger partial charge in [-0.1, -0.05) is 0 Å². The molecule has 2 rings (SSSR count). The van der Waals surface area contributed by atoms with Gasteiger partial charge < -0.3 is 0 Å². The number of halogens is 1. The van der Waals surface area contributed by atoms with Gasteiger partial charge >= 0.3 is 0 Å². The Bertz CT molecular complexity index is 101. The van der Waals surface area contributed by atoms with E-state index in [1.807, 2.05) is 0 Å². The fourth-order valence-corrected chi connectivity index (χ4v) is 2.40. The summed E-state index contributed by atoms with van der Waals surface area (Å²) >= 11 is 5.73. The fraction of sp³-hybridized carbons (Fsp3) is 1.00. The van der Waals surface area contributed by atoms with Gasteiger partial charge in [0.15, 0.2) is 0 Å². The molecule has 2 saturated carbocycles. The summed E-state index contributed by atoms with van der Waals surface area (Å²) in [6.45, 7) is 0. The van der Waals surface area contributed by atoms with E-state index in [2.05, 4.69) is 0 Å². The van der Waals surface area contributed by atoms with Gasteiger partial charge in [0.25, 0.3) is 0 Å². The zero-order chi connectivity index (χ0) is 5.56. The number of fused-ring (bicyclic) bond motifs is 1. The molecule has 46 valence electrons. The smallest absolute Gasteiger partial charge is 0.0254 e. The van der Waals surface area contributed by atoms with Crippen LogP contribution >= 0.6 is 11.6 Å². The highest BCUT2D eigenvalue weighted by Gasteiger charge is 2.47. The predicted octanol–water partition coefficient (Wildman–Crippen LogP) is 2.27. The Hall–Kier alpha value is 0.290. The molecular formula is C7H11Cl. The van der Waals surface area contributed by atoms with Crippen LogP contribution < -0.4 is 0 Å². The maximum atomic E-state index is 5.73. The second kappa shape index (κ2) is 1.63. The van der Waals surface area contributed by atoms with Crippen molar-refractivity contribution in [3.63, 3.8) is 0 Å². The van der Waals surface area contributed by atoms with E-state index in [0.717, 1.165) is 23.6 Å². The lowest BCUT2D eigenvalue weighted by Gasteiger charge is -2.03. The van der Waals surface area contributed by atoms with E-state index in [0.29, 0.717) is 0 Å². The van der Waals surface area contributed by atoms with E-state index in [1.165, 1.54) is 19.3 Å². The minimum absolute atomic E-state index is 0.904. The molecule has 0 aromatic heterocycles. The summed E-state index contributed by atoms with van der Waals surface area (Å²) in [4.78, 5) is 0. The third-order valence-corrected chi connectivity index (χ3v) is 3.09. The zero-order valence-corrected chi connectivity index (χ0v) is 5.69. The van der Waals surface area contributed by atoms with Crippen molar-refractivity contribution in [3.05, 3.63) is 0 Å². The van der Waals surface area contributed by atoms with Crippen LogP contribution in [0.15, 0.2) is 0 Å². The van der Waals surface area contributed by atoms with Crippen LogP contribution in [-0.4, -0.2) is 5.88 Å². The molecule has 2 aliphatic carbocycles. The summed E-state index contributed by atoms with van der Waals surface area (Å²) in [6.07, 6.45) is 4.39. The van der Waals surface area contributed by atoms with Crippen LogP contribution in [0.3, 0.4) is 0 Å². The Morgan fingerprint density at radius 2 is 2.25 bits per heavy atom. The monoisotopic (exact) mass is 130 g/mol. The number of alkyl halides is 1. The average Bonchev–Trinajstić information content (AvgIpc) is 2.46. The summed E-state index contributed by atoms with van der Waals surface area (Å²) in [5, 5.41) is 0. The quantitative estimate of drug-likeness (QED) is 0.478. The van der Waals surface area contributed by atoms with E-state index in [1.54, 1.807) is 0 Å². The molecule has 2 aliphatic rings. The van der Waals surface area contributed by atoms with Crippen molar-refractivity contribution in [2.75, 3.05) is 5.88 Å². The molecule has 0 N–H and O–H groups in total. The second-order valence-corrected chi connectivity index (χ2v) is 3.46. The molecule has 0 saturated heterocycles. The lowest BCUT2D eigenvalue weighted by molar-refractivity contribution is 0.536. The summed E-state index contributed by atoms with van der Waals surface area (Å²) in [5.41, 5.74) is 0. The molecule has 2 fully saturated rings. The highest BCUT2D eigenvalue weighted by atomic mass is 35.5. The Labute approximate surface area is 55.2 Å².